The highest BCUT2D eigenvalue weighted by atomic mass is 35.5. The summed E-state index contributed by atoms with van der Waals surface area (Å²) in [4.78, 5) is 6.94. The zero-order chi connectivity index (χ0) is 14.7. The fourth-order valence-corrected chi connectivity index (χ4v) is 3.14. The Morgan fingerprint density at radius 1 is 1.29 bits per heavy atom. The van der Waals surface area contributed by atoms with E-state index < -0.39 is 0 Å². The lowest BCUT2D eigenvalue weighted by atomic mass is 10.0. The van der Waals surface area contributed by atoms with E-state index in [4.69, 9.17) is 11.6 Å². The Bertz CT molecular complexity index is 595. The molecule has 4 nitrogen and oxygen atoms in total. The Balaban J connectivity index is 1.71. The molecule has 0 unspecified atom stereocenters. The lowest BCUT2D eigenvalue weighted by molar-refractivity contribution is 0.146. The average Bonchev–Trinajstić information content (AvgIpc) is 2.89. The molecule has 1 fully saturated rings. The Morgan fingerprint density at radius 2 is 2.19 bits per heavy atom. The van der Waals surface area contributed by atoms with Crippen molar-refractivity contribution in [1.29, 1.82) is 0 Å². The van der Waals surface area contributed by atoms with Crippen LogP contribution in [0.4, 0.5) is 0 Å². The second-order valence-corrected chi connectivity index (χ2v) is 6.22. The third-order valence-electron chi connectivity index (χ3n) is 4.20. The van der Waals surface area contributed by atoms with E-state index in [1.54, 1.807) is 6.33 Å². The lowest BCUT2D eigenvalue weighted by Crippen LogP contribution is -2.37. The van der Waals surface area contributed by atoms with Gasteiger partial charge in [-0.1, -0.05) is 30.2 Å². The van der Waals surface area contributed by atoms with Crippen LogP contribution in [-0.2, 0) is 13.1 Å². The molecule has 1 saturated heterocycles. The second-order valence-electron chi connectivity index (χ2n) is 5.78. The van der Waals surface area contributed by atoms with Crippen molar-refractivity contribution in [3.8, 4) is 0 Å². The standard InChI is InChI=1S/C16H21ClN4/c1-13-5-2-3-8-20(13)11-16-18-12-19-21(16)10-14-6-4-7-15(17)9-14/h4,6-7,9,12-13H,2-3,5,8,10-11H2,1H3/t13-/m0/s1. The molecule has 0 saturated carbocycles. The molecule has 21 heavy (non-hydrogen) atoms. The first-order valence-electron chi connectivity index (χ1n) is 7.57. The van der Waals surface area contributed by atoms with Gasteiger partial charge in [-0.15, -0.1) is 0 Å². The quantitative estimate of drug-likeness (QED) is 0.868. The molecule has 0 amide bonds. The molecule has 0 radical (unpaired) electrons. The zero-order valence-electron chi connectivity index (χ0n) is 12.4. The molecular formula is C16H21ClN4. The molecule has 1 aliphatic heterocycles. The van der Waals surface area contributed by atoms with E-state index in [-0.39, 0.29) is 0 Å². The number of nitrogens with zero attached hydrogens (tertiary/aromatic N) is 4. The Hall–Kier alpha value is -1.39. The first-order valence-corrected chi connectivity index (χ1v) is 7.95. The summed E-state index contributed by atoms with van der Waals surface area (Å²) < 4.78 is 1.98. The van der Waals surface area contributed by atoms with Gasteiger partial charge in [0, 0.05) is 11.1 Å². The highest BCUT2D eigenvalue weighted by Gasteiger charge is 2.20. The number of halogens is 1. The van der Waals surface area contributed by atoms with Gasteiger partial charge in [0.25, 0.3) is 0 Å². The fraction of sp³-hybridized carbons (Fsp3) is 0.500. The minimum atomic E-state index is 0.634. The summed E-state index contributed by atoms with van der Waals surface area (Å²) in [6.45, 7) is 5.06. The molecule has 2 heterocycles. The molecule has 0 bridgehead atoms. The van der Waals surface area contributed by atoms with E-state index in [2.05, 4.69) is 28.0 Å². The van der Waals surface area contributed by atoms with E-state index >= 15 is 0 Å². The number of rotatable bonds is 4. The number of hydrogen-bond acceptors (Lipinski definition) is 3. The number of likely N-dealkylation sites (tertiary alicyclic amines) is 1. The van der Waals surface area contributed by atoms with E-state index in [1.807, 2.05) is 22.9 Å². The predicted octanol–water partition coefficient (Wildman–Crippen LogP) is 3.35. The van der Waals surface area contributed by atoms with Crippen molar-refractivity contribution in [2.24, 2.45) is 0 Å². The second kappa shape index (κ2) is 6.58. The number of piperidine rings is 1. The van der Waals surface area contributed by atoms with E-state index in [0.29, 0.717) is 6.04 Å². The average molecular weight is 305 g/mol. The van der Waals surface area contributed by atoms with Crippen LogP contribution in [0.25, 0.3) is 0 Å². The molecule has 2 aromatic rings. The highest BCUT2D eigenvalue weighted by molar-refractivity contribution is 6.30. The number of hydrogen-bond donors (Lipinski definition) is 0. The monoisotopic (exact) mass is 304 g/mol. The van der Waals surface area contributed by atoms with E-state index in [0.717, 1.165) is 36.0 Å². The van der Waals surface area contributed by atoms with Crippen molar-refractivity contribution in [3.63, 3.8) is 0 Å². The molecular weight excluding hydrogens is 284 g/mol. The SMILES string of the molecule is C[C@H]1CCCCN1Cc1ncnn1Cc1cccc(Cl)c1. The van der Waals surface area contributed by atoms with Crippen molar-refractivity contribution in [2.75, 3.05) is 6.54 Å². The third-order valence-corrected chi connectivity index (χ3v) is 4.44. The zero-order valence-corrected chi connectivity index (χ0v) is 13.1. The first-order chi connectivity index (χ1) is 10.2. The molecule has 112 valence electrons. The molecule has 1 aliphatic rings. The molecule has 0 spiro atoms. The van der Waals surface area contributed by atoms with Crippen LogP contribution in [0, 0.1) is 0 Å². The van der Waals surface area contributed by atoms with Gasteiger partial charge >= 0.3 is 0 Å². The summed E-state index contributed by atoms with van der Waals surface area (Å²) in [5.41, 5.74) is 1.15. The summed E-state index contributed by atoms with van der Waals surface area (Å²) in [6, 6.07) is 8.55. The van der Waals surface area contributed by atoms with Crippen LogP contribution in [0.5, 0.6) is 0 Å². The normalized spacial score (nSPS) is 19.8. The van der Waals surface area contributed by atoms with Gasteiger partial charge in [-0.25, -0.2) is 9.67 Å². The molecule has 1 aromatic carbocycles. The maximum atomic E-state index is 6.05. The first kappa shape index (κ1) is 14.5. The minimum Gasteiger partial charge on any atom is -0.293 e. The van der Waals surface area contributed by atoms with Gasteiger partial charge in [-0.2, -0.15) is 5.10 Å². The van der Waals surface area contributed by atoms with Gasteiger partial charge in [-0.3, -0.25) is 4.90 Å². The van der Waals surface area contributed by atoms with E-state index in [1.165, 1.54) is 19.3 Å². The maximum absolute atomic E-state index is 6.05. The summed E-state index contributed by atoms with van der Waals surface area (Å²) in [6.07, 6.45) is 5.55. The molecule has 3 rings (SSSR count). The molecule has 0 aliphatic carbocycles. The van der Waals surface area contributed by atoms with Crippen molar-refractivity contribution in [1.82, 2.24) is 19.7 Å². The molecule has 1 aromatic heterocycles. The molecule has 1 atom stereocenters. The Morgan fingerprint density at radius 3 is 3.00 bits per heavy atom. The molecule has 5 heteroatoms. The van der Waals surface area contributed by atoms with Crippen molar-refractivity contribution in [2.45, 2.75) is 45.3 Å². The number of aromatic nitrogens is 3. The van der Waals surface area contributed by atoms with Crippen molar-refractivity contribution >= 4 is 11.6 Å². The van der Waals surface area contributed by atoms with Crippen molar-refractivity contribution in [3.05, 3.63) is 47.0 Å². The van der Waals surface area contributed by atoms with Crippen LogP contribution in [0.1, 0.15) is 37.6 Å². The third kappa shape index (κ3) is 3.63. The Labute approximate surface area is 130 Å². The van der Waals surface area contributed by atoms with Crippen LogP contribution in [0.2, 0.25) is 5.02 Å². The fourth-order valence-electron chi connectivity index (χ4n) is 2.93. The van der Waals surface area contributed by atoms with Crippen LogP contribution in [0.15, 0.2) is 30.6 Å². The summed E-state index contributed by atoms with van der Waals surface area (Å²) in [7, 11) is 0. The van der Waals surface area contributed by atoms with Gasteiger partial charge < -0.3 is 0 Å². The smallest absolute Gasteiger partial charge is 0.141 e. The van der Waals surface area contributed by atoms with Crippen LogP contribution < -0.4 is 0 Å². The van der Waals surface area contributed by atoms with Crippen LogP contribution in [-0.4, -0.2) is 32.3 Å². The van der Waals surface area contributed by atoms with Crippen LogP contribution >= 0.6 is 11.6 Å². The minimum absolute atomic E-state index is 0.634. The summed E-state index contributed by atoms with van der Waals surface area (Å²) >= 11 is 6.05. The van der Waals surface area contributed by atoms with E-state index in [9.17, 15) is 0 Å². The van der Waals surface area contributed by atoms with Gasteiger partial charge in [0.1, 0.15) is 12.2 Å². The highest BCUT2D eigenvalue weighted by Crippen LogP contribution is 2.19. The van der Waals surface area contributed by atoms with Gasteiger partial charge in [0.15, 0.2) is 0 Å². The van der Waals surface area contributed by atoms with Crippen LogP contribution in [0.3, 0.4) is 0 Å². The van der Waals surface area contributed by atoms with Gasteiger partial charge in [0.2, 0.25) is 0 Å². The lowest BCUT2D eigenvalue weighted by Gasteiger charge is -2.32. The van der Waals surface area contributed by atoms with Gasteiger partial charge in [-0.05, 0) is 44.0 Å². The largest absolute Gasteiger partial charge is 0.293 e. The van der Waals surface area contributed by atoms with Crippen molar-refractivity contribution < 1.29 is 0 Å². The topological polar surface area (TPSA) is 34.0 Å². The summed E-state index contributed by atoms with van der Waals surface area (Å²) in [5, 5.41) is 5.13. The van der Waals surface area contributed by atoms with Gasteiger partial charge in [0.05, 0.1) is 13.1 Å². The Kier molecular flexibility index (Phi) is 4.56. The number of benzene rings is 1. The maximum Gasteiger partial charge on any atom is 0.141 e. The molecule has 0 N–H and O–H groups in total. The predicted molar refractivity (Wildman–Crippen MR) is 84.3 cm³/mol. The summed E-state index contributed by atoms with van der Waals surface area (Å²) in [5.74, 6) is 1.03.